The summed E-state index contributed by atoms with van der Waals surface area (Å²) in [6.07, 6.45) is 17.2. The van der Waals surface area contributed by atoms with E-state index in [1.165, 1.54) is 18.8 Å². The van der Waals surface area contributed by atoms with Gasteiger partial charge in [-0.25, -0.2) is 0 Å². The van der Waals surface area contributed by atoms with Crippen molar-refractivity contribution < 1.29 is 0 Å². The Kier molecular flexibility index (Phi) is 3.03. The predicted molar refractivity (Wildman–Crippen MR) is 64.7 cm³/mol. The summed E-state index contributed by atoms with van der Waals surface area (Å²) in [6.45, 7) is 0. The Morgan fingerprint density at radius 3 is 1.67 bits per heavy atom. The fraction of sp³-hybridized carbons (Fsp3) is 1.00. The molecule has 0 aliphatic heterocycles. The molecule has 3 saturated carbocycles. The van der Waals surface area contributed by atoms with Gasteiger partial charge in [0.05, 0.1) is 0 Å². The maximum atomic E-state index is 1.59. The molecular formula is C15H26. The Balaban J connectivity index is 1.72. The minimum atomic E-state index is 1.14. The van der Waals surface area contributed by atoms with E-state index in [-0.39, 0.29) is 0 Å². The first-order chi connectivity index (χ1) is 7.45. The van der Waals surface area contributed by atoms with Crippen LogP contribution in [-0.4, -0.2) is 0 Å². The van der Waals surface area contributed by atoms with Gasteiger partial charge in [-0.15, -0.1) is 0 Å². The van der Waals surface area contributed by atoms with Crippen molar-refractivity contribution >= 4 is 0 Å². The number of hydrogen-bond donors (Lipinski definition) is 0. The highest BCUT2D eigenvalue weighted by Crippen LogP contribution is 2.51. The van der Waals surface area contributed by atoms with Gasteiger partial charge in [0.1, 0.15) is 0 Å². The molecule has 0 N–H and O–H groups in total. The summed E-state index contributed by atoms with van der Waals surface area (Å²) < 4.78 is 0. The topological polar surface area (TPSA) is 0 Å². The molecule has 4 atom stereocenters. The van der Waals surface area contributed by atoms with Crippen molar-refractivity contribution in [2.24, 2.45) is 23.7 Å². The Bertz CT molecular complexity index is 208. The molecule has 3 aliphatic rings. The lowest BCUT2D eigenvalue weighted by Crippen LogP contribution is -2.32. The van der Waals surface area contributed by atoms with Crippen molar-refractivity contribution in [1.82, 2.24) is 0 Å². The van der Waals surface area contributed by atoms with Crippen LogP contribution in [0.1, 0.15) is 70.6 Å². The van der Waals surface area contributed by atoms with Crippen molar-refractivity contribution in [2.45, 2.75) is 70.6 Å². The molecule has 0 nitrogen and oxygen atoms in total. The lowest BCUT2D eigenvalue weighted by Gasteiger charge is -2.41. The van der Waals surface area contributed by atoms with Crippen molar-refractivity contribution in [1.29, 1.82) is 0 Å². The van der Waals surface area contributed by atoms with E-state index in [1.54, 1.807) is 57.8 Å². The Morgan fingerprint density at radius 1 is 0.400 bits per heavy atom. The maximum Gasteiger partial charge on any atom is -0.0355 e. The molecule has 0 heteroatoms. The van der Waals surface area contributed by atoms with E-state index in [2.05, 4.69) is 0 Å². The first-order valence-corrected chi connectivity index (χ1v) is 7.45. The van der Waals surface area contributed by atoms with Gasteiger partial charge < -0.3 is 0 Å². The monoisotopic (exact) mass is 206 g/mol. The summed E-state index contributed by atoms with van der Waals surface area (Å²) in [7, 11) is 0. The molecule has 15 heavy (non-hydrogen) atoms. The van der Waals surface area contributed by atoms with E-state index in [9.17, 15) is 0 Å². The minimum absolute atomic E-state index is 1.14. The van der Waals surface area contributed by atoms with Crippen molar-refractivity contribution in [3.63, 3.8) is 0 Å². The highest BCUT2D eigenvalue weighted by Gasteiger charge is 2.40. The molecule has 0 saturated heterocycles. The summed E-state index contributed by atoms with van der Waals surface area (Å²) in [6, 6.07) is 0. The second kappa shape index (κ2) is 4.47. The van der Waals surface area contributed by atoms with Gasteiger partial charge >= 0.3 is 0 Å². The normalized spacial score (nSPS) is 46.4. The second-order valence-electron chi connectivity index (χ2n) is 6.35. The van der Waals surface area contributed by atoms with Gasteiger partial charge in [-0.05, 0) is 49.4 Å². The third-order valence-corrected chi connectivity index (χ3v) is 5.64. The van der Waals surface area contributed by atoms with E-state index in [1.807, 2.05) is 0 Å². The summed E-state index contributed by atoms with van der Waals surface area (Å²) in [4.78, 5) is 0. The lowest BCUT2D eigenvalue weighted by atomic mass is 9.64. The Hall–Kier alpha value is 0. The van der Waals surface area contributed by atoms with E-state index in [0.29, 0.717) is 0 Å². The molecule has 0 amide bonds. The van der Waals surface area contributed by atoms with Gasteiger partial charge in [0.25, 0.3) is 0 Å². The van der Waals surface area contributed by atoms with E-state index in [4.69, 9.17) is 0 Å². The van der Waals surface area contributed by atoms with Crippen LogP contribution < -0.4 is 0 Å². The molecule has 3 aliphatic carbocycles. The molecule has 0 heterocycles. The van der Waals surface area contributed by atoms with Gasteiger partial charge in [-0.2, -0.15) is 0 Å². The molecule has 86 valence electrons. The standard InChI is InChI=1S/C15H26/c1-2-4-8-14-12(6-3-1)10-11-13-7-5-9-15(13)14/h12-15H,1-11H2. The number of fused-ring (bicyclic) bond motifs is 3. The lowest BCUT2D eigenvalue weighted by molar-refractivity contribution is 0.0868. The largest absolute Gasteiger partial charge is 0.0533 e. The first-order valence-electron chi connectivity index (χ1n) is 7.45. The number of rotatable bonds is 0. The molecule has 3 rings (SSSR count). The smallest absolute Gasteiger partial charge is 0.0355 e. The molecule has 0 spiro atoms. The van der Waals surface area contributed by atoms with Crippen molar-refractivity contribution in [3.8, 4) is 0 Å². The minimum Gasteiger partial charge on any atom is -0.0533 e. The van der Waals surface area contributed by atoms with Crippen LogP contribution in [0.3, 0.4) is 0 Å². The van der Waals surface area contributed by atoms with Crippen molar-refractivity contribution in [2.75, 3.05) is 0 Å². The molecule has 0 bridgehead atoms. The summed E-state index contributed by atoms with van der Waals surface area (Å²) >= 11 is 0. The van der Waals surface area contributed by atoms with Crippen LogP contribution in [0.25, 0.3) is 0 Å². The zero-order valence-electron chi connectivity index (χ0n) is 10.1. The SMILES string of the molecule is C1CCCC2C(CC1)CCC1CCCC12. The Morgan fingerprint density at radius 2 is 0.933 bits per heavy atom. The third-order valence-electron chi connectivity index (χ3n) is 5.64. The van der Waals surface area contributed by atoms with Gasteiger partial charge in [-0.3, -0.25) is 0 Å². The molecule has 3 fully saturated rings. The zero-order chi connectivity index (χ0) is 10.1. The predicted octanol–water partition coefficient (Wildman–Crippen LogP) is 4.78. The van der Waals surface area contributed by atoms with Gasteiger partial charge in [0.2, 0.25) is 0 Å². The van der Waals surface area contributed by atoms with E-state index < -0.39 is 0 Å². The zero-order valence-corrected chi connectivity index (χ0v) is 10.1. The Labute approximate surface area is 94.8 Å². The third kappa shape index (κ3) is 1.97. The fourth-order valence-electron chi connectivity index (χ4n) is 4.93. The van der Waals surface area contributed by atoms with Crippen LogP contribution in [0, 0.1) is 23.7 Å². The quantitative estimate of drug-likeness (QED) is 0.535. The number of hydrogen-bond acceptors (Lipinski definition) is 0. The average Bonchev–Trinajstić information content (AvgIpc) is 2.65. The molecule has 4 unspecified atom stereocenters. The van der Waals surface area contributed by atoms with Crippen molar-refractivity contribution in [3.05, 3.63) is 0 Å². The first kappa shape index (κ1) is 10.2. The summed E-state index contributed by atoms with van der Waals surface area (Å²) in [5.74, 6) is 4.63. The highest BCUT2D eigenvalue weighted by molar-refractivity contribution is 4.91. The fourth-order valence-corrected chi connectivity index (χ4v) is 4.93. The molecule has 0 radical (unpaired) electrons. The van der Waals surface area contributed by atoms with Crippen LogP contribution >= 0.6 is 0 Å². The maximum absolute atomic E-state index is 1.59. The molecule has 0 aromatic heterocycles. The van der Waals surface area contributed by atoms with Gasteiger partial charge in [0, 0.05) is 0 Å². The van der Waals surface area contributed by atoms with Crippen LogP contribution in [0.2, 0.25) is 0 Å². The van der Waals surface area contributed by atoms with Crippen LogP contribution in [-0.2, 0) is 0 Å². The molecular weight excluding hydrogens is 180 g/mol. The van der Waals surface area contributed by atoms with Gasteiger partial charge in [-0.1, -0.05) is 44.9 Å². The summed E-state index contributed by atoms with van der Waals surface area (Å²) in [5, 5.41) is 0. The second-order valence-corrected chi connectivity index (χ2v) is 6.35. The van der Waals surface area contributed by atoms with E-state index >= 15 is 0 Å². The highest BCUT2D eigenvalue weighted by atomic mass is 14.5. The van der Waals surface area contributed by atoms with E-state index in [0.717, 1.165) is 17.8 Å². The van der Waals surface area contributed by atoms with Crippen LogP contribution in [0.4, 0.5) is 0 Å². The summed E-state index contributed by atoms with van der Waals surface area (Å²) in [5.41, 5.74) is 0. The molecule has 0 aromatic carbocycles. The van der Waals surface area contributed by atoms with Crippen LogP contribution in [0.5, 0.6) is 0 Å². The van der Waals surface area contributed by atoms with Gasteiger partial charge in [0.15, 0.2) is 0 Å². The van der Waals surface area contributed by atoms with Crippen LogP contribution in [0.15, 0.2) is 0 Å². The molecule has 0 aromatic rings. The average molecular weight is 206 g/mol.